The van der Waals surface area contributed by atoms with Gasteiger partial charge in [0.05, 0.1) is 19.0 Å². The van der Waals surface area contributed by atoms with Gasteiger partial charge in [0.2, 0.25) is 5.88 Å². The fourth-order valence-electron chi connectivity index (χ4n) is 3.99. The Bertz CT molecular complexity index is 1300. The molecule has 2 heterocycles. The van der Waals surface area contributed by atoms with Crippen molar-refractivity contribution in [2.45, 2.75) is 45.3 Å². The predicted molar refractivity (Wildman–Crippen MR) is 143 cm³/mol. The summed E-state index contributed by atoms with van der Waals surface area (Å²) in [5, 5.41) is 3.39. The number of esters is 1. The Morgan fingerprint density at radius 1 is 0.974 bits per heavy atom. The molecule has 206 valence electrons. The minimum absolute atomic E-state index is 0.0888. The molecule has 9 nitrogen and oxygen atoms in total. The summed E-state index contributed by atoms with van der Waals surface area (Å²) < 4.78 is 35.3. The number of carbonyl (C=O) groups is 2. The number of methoxy groups -OCH3 is 1. The highest BCUT2D eigenvalue weighted by Gasteiger charge is 2.27. The molecule has 0 unspecified atom stereocenters. The molecule has 1 aromatic heterocycles. The molecular weight excluding hydrogens is 505 g/mol. The van der Waals surface area contributed by atoms with E-state index in [1.165, 1.54) is 19.2 Å². The van der Waals surface area contributed by atoms with Gasteiger partial charge >= 0.3 is 12.1 Å². The number of halogens is 1. The van der Waals surface area contributed by atoms with Crippen molar-refractivity contribution in [3.8, 4) is 23.1 Å². The highest BCUT2D eigenvalue weighted by atomic mass is 19.1. The Labute approximate surface area is 226 Å². The number of pyridine rings is 1. The third-order valence-corrected chi connectivity index (χ3v) is 5.84. The number of aromatic nitrogens is 1. The number of amides is 1. The molecule has 1 N–H and O–H groups in total. The van der Waals surface area contributed by atoms with Crippen LogP contribution in [-0.4, -0.2) is 53.8 Å². The van der Waals surface area contributed by atoms with Crippen LogP contribution in [0.5, 0.6) is 23.1 Å². The van der Waals surface area contributed by atoms with Crippen LogP contribution in [0.4, 0.5) is 14.9 Å². The molecule has 1 aliphatic heterocycles. The fourth-order valence-corrected chi connectivity index (χ4v) is 3.99. The first kappa shape index (κ1) is 27.7. The number of ether oxygens (including phenoxy) is 4. The van der Waals surface area contributed by atoms with Crippen molar-refractivity contribution in [3.05, 3.63) is 72.2 Å². The van der Waals surface area contributed by atoms with E-state index >= 15 is 0 Å². The van der Waals surface area contributed by atoms with Crippen LogP contribution in [0, 0.1) is 5.82 Å². The summed E-state index contributed by atoms with van der Waals surface area (Å²) >= 11 is 0. The largest absolute Gasteiger partial charge is 0.465 e. The number of anilines is 1. The zero-order valence-electron chi connectivity index (χ0n) is 22.4. The van der Waals surface area contributed by atoms with E-state index in [1.807, 2.05) is 20.8 Å². The summed E-state index contributed by atoms with van der Waals surface area (Å²) in [4.78, 5) is 30.9. The number of nitrogens with one attached hydrogen (secondary N) is 1. The number of hydrogen-bond acceptors (Lipinski definition) is 8. The molecule has 1 fully saturated rings. The molecule has 4 rings (SSSR count). The molecule has 10 heteroatoms. The maximum Gasteiger partial charge on any atom is 0.410 e. The van der Waals surface area contributed by atoms with E-state index in [2.05, 4.69) is 10.3 Å². The third-order valence-electron chi connectivity index (χ3n) is 5.84. The fraction of sp³-hybridized carbons (Fsp3) is 0.345. The van der Waals surface area contributed by atoms with Gasteiger partial charge in [-0.25, -0.2) is 19.0 Å². The second-order valence-electron chi connectivity index (χ2n) is 10.1. The molecule has 1 saturated heterocycles. The molecule has 2 aromatic carbocycles. The molecule has 0 bridgehead atoms. The average molecular weight is 538 g/mol. The number of benzene rings is 2. The number of carbonyl (C=O) groups excluding carboxylic acids is 2. The van der Waals surface area contributed by atoms with E-state index in [4.69, 9.17) is 18.9 Å². The smallest absolute Gasteiger partial charge is 0.410 e. The summed E-state index contributed by atoms with van der Waals surface area (Å²) in [5.74, 6) is 0.397. The SMILES string of the molecule is COC(=O)c1cc(NC2CCN(C(=O)OC(C)(C)C)CC2)cnc1Oc1ccc(Oc2cccc(F)c2)cc1. The Morgan fingerprint density at radius 2 is 1.64 bits per heavy atom. The van der Waals surface area contributed by atoms with E-state index < -0.39 is 17.4 Å². The lowest BCUT2D eigenvalue weighted by molar-refractivity contribution is 0.0210. The van der Waals surface area contributed by atoms with Crippen LogP contribution in [0.1, 0.15) is 44.0 Å². The van der Waals surface area contributed by atoms with E-state index in [-0.39, 0.29) is 23.6 Å². The molecule has 39 heavy (non-hydrogen) atoms. The van der Waals surface area contributed by atoms with Gasteiger partial charge in [-0.1, -0.05) is 6.07 Å². The van der Waals surface area contributed by atoms with Crippen LogP contribution in [0.2, 0.25) is 0 Å². The predicted octanol–water partition coefficient (Wildman–Crippen LogP) is 6.40. The van der Waals surface area contributed by atoms with Gasteiger partial charge in [-0.3, -0.25) is 0 Å². The number of rotatable bonds is 7. The number of nitrogens with zero attached hydrogens (tertiary/aromatic N) is 2. The van der Waals surface area contributed by atoms with Crippen LogP contribution in [0.3, 0.4) is 0 Å². The summed E-state index contributed by atoms with van der Waals surface area (Å²) in [7, 11) is 1.29. The first-order valence-corrected chi connectivity index (χ1v) is 12.6. The summed E-state index contributed by atoms with van der Waals surface area (Å²) in [6.07, 6.45) is 2.71. The minimum Gasteiger partial charge on any atom is -0.465 e. The molecule has 3 aromatic rings. The first-order chi connectivity index (χ1) is 18.6. The van der Waals surface area contributed by atoms with Gasteiger partial charge in [0.25, 0.3) is 0 Å². The molecule has 0 atom stereocenters. The number of hydrogen-bond donors (Lipinski definition) is 1. The zero-order chi connectivity index (χ0) is 28.0. The second-order valence-corrected chi connectivity index (χ2v) is 10.1. The topological polar surface area (TPSA) is 99.2 Å². The van der Waals surface area contributed by atoms with Gasteiger partial charge in [-0.15, -0.1) is 0 Å². The standard InChI is InChI=1S/C29H32FN3O6/c1-29(2,3)39-28(35)33-14-12-20(13-15-33)32-21-17-25(27(34)36-4)26(31-18-21)38-23-10-8-22(9-11-23)37-24-7-5-6-19(30)16-24/h5-11,16-18,20,32H,12-15H2,1-4H3. The van der Waals surface area contributed by atoms with Crippen molar-refractivity contribution in [1.29, 1.82) is 0 Å². The highest BCUT2D eigenvalue weighted by Crippen LogP contribution is 2.30. The van der Waals surface area contributed by atoms with Crippen LogP contribution in [-0.2, 0) is 9.47 Å². The van der Waals surface area contributed by atoms with Crippen molar-refractivity contribution in [2.75, 3.05) is 25.5 Å². The van der Waals surface area contributed by atoms with Gasteiger partial charge in [0, 0.05) is 25.2 Å². The molecule has 1 amide bonds. The van der Waals surface area contributed by atoms with Crippen molar-refractivity contribution in [1.82, 2.24) is 9.88 Å². The van der Waals surface area contributed by atoms with Crippen LogP contribution in [0.15, 0.2) is 60.8 Å². The van der Waals surface area contributed by atoms with Gasteiger partial charge in [0.1, 0.15) is 34.2 Å². The van der Waals surface area contributed by atoms with E-state index in [1.54, 1.807) is 53.6 Å². The summed E-state index contributed by atoms with van der Waals surface area (Å²) in [6.45, 7) is 6.65. The van der Waals surface area contributed by atoms with Crippen molar-refractivity contribution < 1.29 is 32.9 Å². The molecular formula is C29H32FN3O6. The summed E-state index contributed by atoms with van der Waals surface area (Å²) in [5.41, 5.74) is 0.260. The summed E-state index contributed by atoms with van der Waals surface area (Å²) in [6, 6.07) is 14.2. The number of piperidine rings is 1. The normalized spacial score (nSPS) is 13.9. The van der Waals surface area contributed by atoms with Crippen LogP contribution in [0.25, 0.3) is 0 Å². The monoisotopic (exact) mass is 537 g/mol. The Balaban J connectivity index is 1.39. The Morgan fingerprint density at radius 3 is 2.26 bits per heavy atom. The molecule has 1 aliphatic rings. The molecule has 0 radical (unpaired) electrons. The molecule has 0 aliphatic carbocycles. The average Bonchev–Trinajstić information content (AvgIpc) is 2.89. The van der Waals surface area contributed by atoms with Crippen molar-refractivity contribution >= 4 is 17.7 Å². The first-order valence-electron chi connectivity index (χ1n) is 12.6. The van der Waals surface area contributed by atoms with Crippen LogP contribution >= 0.6 is 0 Å². The quantitative estimate of drug-likeness (QED) is 0.346. The van der Waals surface area contributed by atoms with Crippen LogP contribution < -0.4 is 14.8 Å². The van der Waals surface area contributed by atoms with Crippen molar-refractivity contribution in [2.24, 2.45) is 0 Å². The van der Waals surface area contributed by atoms with Gasteiger partial charge in [-0.2, -0.15) is 0 Å². The van der Waals surface area contributed by atoms with E-state index in [0.29, 0.717) is 36.0 Å². The molecule has 0 spiro atoms. The zero-order valence-corrected chi connectivity index (χ0v) is 22.4. The number of likely N-dealkylation sites (tertiary alicyclic amines) is 1. The highest BCUT2D eigenvalue weighted by molar-refractivity contribution is 5.93. The Hall–Kier alpha value is -4.34. The van der Waals surface area contributed by atoms with Gasteiger partial charge in [-0.05, 0) is 76.1 Å². The second kappa shape index (κ2) is 12.0. The van der Waals surface area contributed by atoms with Crippen molar-refractivity contribution in [3.63, 3.8) is 0 Å². The lowest BCUT2D eigenvalue weighted by Crippen LogP contribution is -2.44. The van der Waals surface area contributed by atoms with E-state index in [0.717, 1.165) is 12.8 Å². The lowest BCUT2D eigenvalue weighted by Gasteiger charge is -2.34. The molecule has 0 saturated carbocycles. The minimum atomic E-state index is -0.591. The maximum absolute atomic E-state index is 13.4. The maximum atomic E-state index is 13.4. The van der Waals surface area contributed by atoms with E-state index in [9.17, 15) is 14.0 Å². The lowest BCUT2D eigenvalue weighted by atomic mass is 10.0. The van der Waals surface area contributed by atoms with Gasteiger partial charge < -0.3 is 29.2 Å². The Kier molecular flexibility index (Phi) is 8.53. The van der Waals surface area contributed by atoms with Gasteiger partial charge in [0.15, 0.2) is 0 Å². The third kappa shape index (κ3) is 7.83.